The minimum Gasteiger partial charge on any atom is -0.478 e. The minimum absolute atomic E-state index is 0.0407. The molecule has 4 nitrogen and oxygen atoms in total. The Labute approximate surface area is 134 Å². The topological polar surface area (TPSA) is 58.6 Å². The molecule has 1 atom stereocenters. The molecule has 2 N–H and O–H groups in total. The third-order valence-corrected chi connectivity index (χ3v) is 3.61. The van der Waals surface area contributed by atoms with E-state index in [-0.39, 0.29) is 18.2 Å². The lowest BCUT2D eigenvalue weighted by atomic mass is 10.1. The van der Waals surface area contributed by atoms with Gasteiger partial charge in [0.05, 0.1) is 18.8 Å². The lowest BCUT2D eigenvalue weighted by Crippen LogP contribution is -2.29. The average molecular weight is 320 g/mol. The molecule has 0 amide bonds. The molecule has 0 saturated carbocycles. The summed E-state index contributed by atoms with van der Waals surface area (Å²) in [5.41, 5.74) is 2.08. The van der Waals surface area contributed by atoms with E-state index in [2.05, 4.69) is 4.84 Å². The molecule has 0 fully saturated rings. The second kappa shape index (κ2) is 8.54. The van der Waals surface area contributed by atoms with Gasteiger partial charge >= 0.3 is 5.97 Å². The van der Waals surface area contributed by atoms with Crippen LogP contribution < -0.4 is 4.84 Å². The number of benzene rings is 2. The predicted octanol–water partition coefficient (Wildman–Crippen LogP) is 3.26. The number of ether oxygens (including phenoxy) is 1. The van der Waals surface area contributed by atoms with Crippen LogP contribution in [0.25, 0.3) is 0 Å². The van der Waals surface area contributed by atoms with Gasteiger partial charge in [-0.2, -0.15) is 0 Å². The summed E-state index contributed by atoms with van der Waals surface area (Å²) < 4.78 is 5.63. The number of halogens is 1. The Bertz CT molecular complexity index is 604. The number of carbonyl (C=O) groups is 1. The van der Waals surface area contributed by atoms with Gasteiger partial charge in [0.2, 0.25) is 0 Å². The first kappa shape index (κ1) is 16.5. The molecule has 0 saturated heterocycles. The Morgan fingerprint density at radius 1 is 1.14 bits per heavy atom. The highest BCUT2D eigenvalue weighted by Gasteiger charge is 2.11. The monoisotopic (exact) mass is 319 g/mol. The number of rotatable bonds is 8. The van der Waals surface area contributed by atoms with Crippen LogP contribution in [-0.4, -0.2) is 23.7 Å². The van der Waals surface area contributed by atoms with Crippen LogP contribution >= 0.6 is 11.8 Å². The van der Waals surface area contributed by atoms with Crippen molar-refractivity contribution in [3.8, 4) is 0 Å². The average Bonchev–Trinajstić information content (AvgIpc) is 2.55. The molecule has 2 aromatic rings. The first-order chi connectivity index (χ1) is 10.7. The van der Waals surface area contributed by atoms with Gasteiger partial charge in [0.1, 0.15) is 0 Å². The van der Waals surface area contributed by atoms with E-state index >= 15 is 0 Å². The maximum atomic E-state index is 11.1. The van der Waals surface area contributed by atoms with Gasteiger partial charge in [-0.3, -0.25) is 0 Å². The Morgan fingerprint density at radius 2 is 1.82 bits per heavy atom. The smallest absolute Gasteiger partial charge is 0.336 e. The van der Waals surface area contributed by atoms with E-state index < -0.39 is 5.97 Å². The van der Waals surface area contributed by atoms with Gasteiger partial charge in [0.15, 0.2) is 0 Å². The lowest BCUT2D eigenvalue weighted by Gasteiger charge is -2.15. The summed E-state index contributed by atoms with van der Waals surface area (Å²) in [4.78, 5) is 13.8. The van der Waals surface area contributed by atoms with Crippen LogP contribution in [0.1, 0.15) is 21.5 Å². The quantitative estimate of drug-likeness (QED) is 0.733. The van der Waals surface area contributed by atoms with E-state index in [1.165, 1.54) is 0 Å². The number of carboxylic acids is 1. The van der Waals surface area contributed by atoms with Crippen molar-refractivity contribution >= 4 is 17.7 Å². The third-order valence-electron chi connectivity index (χ3n) is 3.30. The molecule has 0 bridgehead atoms. The molecular weight excluding hydrogens is 302 g/mol. The van der Waals surface area contributed by atoms with Crippen molar-refractivity contribution in [1.82, 2.24) is 4.84 Å². The Hall–Kier alpha value is -1.88. The molecule has 0 radical (unpaired) electrons. The van der Waals surface area contributed by atoms with Crippen LogP contribution in [0, 0.1) is 0 Å². The second-order valence-corrected chi connectivity index (χ2v) is 5.19. The molecule has 1 unspecified atom stereocenters. The van der Waals surface area contributed by atoms with Crippen molar-refractivity contribution in [2.24, 2.45) is 0 Å². The van der Waals surface area contributed by atoms with Gasteiger partial charge in [-0.1, -0.05) is 48.5 Å². The lowest BCUT2D eigenvalue weighted by molar-refractivity contribution is 0.0684. The normalized spacial score (nSPS) is 12.0. The van der Waals surface area contributed by atoms with Gasteiger partial charge in [-0.05, 0) is 35.4 Å². The summed E-state index contributed by atoms with van der Waals surface area (Å²) in [6.45, 7) is 0.638. The van der Waals surface area contributed by atoms with Crippen molar-refractivity contribution in [3.63, 3.8) is 0 Å². The highest BCUT2D eigenvalue weighted by atomic mass is 35.5. The molecule has 0 aliphatic heterocycles. The maximum Gasteiger partial charge on any atom is 0.336 e. The summed E-state index contributed by atoms with van der Waals surface area (Å²) in [6, 6.07) is 16.8. The highest BCUT2D eigenvalue weighted by molar-refractivity contribution is 6.13. The van der Waals surface area contributed by atoms with E-state index in [0.717, 1.165) is 12.0 Å². The summed E-state index contributed by atoms with van der Waals surface area (Å²) in [5.74, 6) is -0.949. The van der Waals surface area contributed by atoms with E-state index in [9.17, 15) is 4.79 Å². The molecule has 0 aliphatic carbocycles. The summed E-state index contributed by atoms with van der Waals surface area (Å²) in [7, 11) is 0. The Kier molecular flexibility index (Phi) is 6.40. The molecule has 0 heterocycles. The van der Waals surface area contributed by atoms with Crippen molar-refractivity contribution < 1.29 is 14.6 Å². The molecule has 0 spiro atoms. The predicted molar refractivity (Wildman–Crippen MR) is 86.0 cm³/mol. The van der Waals surface area contributed by atoms with Crippen LogP contribution in [0.5, 0.6) is 0 Å². The van der Waals surface area contributed by atoms with Gasteiger partial charge in [-0.15, -0.1) is 0 Å². The molecule has 0 aliphatic rings. The number of nitrogens with one attached hydrogen (secondary N) is 1. The van der Waals surface area contributed by atoms with Crippen molar-refractivity contribution in [3.05, 3.63) is 71.3 Å². The molecule has 2 aromatic carbocycles. The molecular formula is C17H18ClNO3. The first-order valence-corrected chi connectivity index (χ1v) is 7.37. The van der Waals surface area contributed by atoms with Crippen molar-refractivity contribution in [2.75, 3.05) is 6.61 Å². The van der Waals surface area contributed by atoms with Crippen molar-refractivity contribution in [1.29, 1.82) is 0 Å². The zero-order chi connectivity index (χ0) is 15.8. The van der Waals surface area contributed by atoms with Crippen LogP contribution in [0.15, 0.2) is 54.6 Å². The standard InChI is InChI=1S/C17H18ClNO3/c18-19-15(10-13-6-2-1-3-7-13)12-22-11-14-8-4-5-9-16(14)17(20)21/h1-9,15,19H,10-12H2,(H,20,21). The molecule has 2 rings (SSSR count). The summed E-state index contributed by atoms with van der Waals surface area (Å²) in [5, 5.41) is 9.13. The van der Waals surface area contributed by atoms with Crippen molar-refractivity contribution in [2.45, 2.75) is 19.1 Å². The number of aromatic carboxylic acids is 1. The summed E-state index contributed by atoms with van der Waals surface area (Å²) >= 11 is 5.76. The van der Waals surface area contributed by atoms with Gasteiger partial charge < -0.3 is 9.84 Å². The van der Waals surface area contributed by atoms with Gasteiger partial charge in [0, 0.05) is 6.04 Å². The fourth-order valence-electron chi connectivity index (χ4n) is 2.19. The number of hydrogen-bond acceptors (Lipinski definition) is 3. The third kappa shape index (κ3) is 4.84. The van der Waals surface area contributed by atoms with E-state index in [0.29, 0.717) is 12.2 Å². The molecule has 116 valence electrons. The zero-order valence-corrected chi connectivity index (χ0v) is 12.8. The van der Waals surface area contributed by atoms with E-state index in [1.54, 1.807) is 24.3 Å². The fourth-order valence-corrected chi connectivity index (χ4v) is 2.33. The Morgan fingerprint density at radius 3 is 2.50 bits per heavy atom. The maximum absolute atomic E-state index is 11.1. The summed E-state index contributed by atoms with van der Waals surface area (Å²) in [6.07, 6.45) is 0.741. The molecule has 5 heteroatoms. The van der Waals surface area contributed by atoms with Crippen LogP contribution in [0.4, 0.5) is 0 Å². The second-order valence-electron chi connectivity index (χ2n) is 4.97. The molecule has 0 aromatic heterocycles. The van der Waals surface area contributed by atoms with Gasteiger partial charge in [0.25, 0.3) is 0 Å². The number of hydrogen-bond donors (Lipinski definition) is 2. The SMILES string of the molecule is O=C(O)c1ccccc1COCC(Cc1ccccc1)NCl. The van der Waals surface area contributed by atoms with E-state index in [4.69, 9.17) is 21.6 Å². The van der Waals surface area contributed by atoms with Crippen LogP contribution in [0.2, 0.25) is 0 Å². The largest absolute Gasteiger partial charge is 0.478 e. The van der Waals surface area contributed by atoms with Gasteiger partial charge in [-0.25, -0.2) is 9.63 Å². The van der Waals surface area contributed by atoms with Crippen LogP contribution in [-0.2, 0) is 17.8 Å². The highest BCUT2D eigenvalue weighted by Crippen LogP contribution is 2.11. The minimum atomic E-state index is -0.949. The Balaban J connectivity index is 1.88. The first-order valence-electron chi connectivity index (χ1n) is 6.99. The number of carboxylic acid groups (broad SMARTS) is 1. The van der Waals surface area contributed by atoms with Crippen LogP contribution in [0.3, 0.4) is 0 Å². The fraction of sp³-hybridized carbons (Fsp3) is 0.235. The molecule has 22 heavy (non-hydrogen) atoms. The van der Waals surface area contributed by atoms with E-state index in [1.807, 2.05) is 30.3 Å². The zero-order valence-electron chi connectivity index (χ0n) is 12.0.